The molecule has 0 saturated carbocycles. The summed E-state index contributed by atoms with van der Waals surface area (Å²) in [4.78, 5) is 11.6. The molecule has 2 unspecified atom stereocenters. The number of carbonyl (C=O) groups is 1. The molecule has 0 aliphatic rings. The highest BCUT2D eigenvalue weighted by atomic mass is 79.9. The van der Waals surface area contributed by atoms with E-state index in [0.717, 1.165) is 13.0 Å². The molecule has 2 atom stereocenters. The van der Waals surface area contributed by atoms with Crippen LogP contribution in [0.5, 0.6) is 0 Å². The molecule has 0 fully saturated rings. The lowest BCUT2D eigenvalue weighted by atomic mass is 9.95. The molecule has 0 spiro atoms. The molecular weight excluding hydrogens is 354 g/mol. The van der Waals surface area contributed by atoms with Gasteiger partial charge >= 0.3 is 5.97 Å². The summed E-state index contributed by atoms with van der Waals surface area (Å²) in [7, 11) is 1.95. The van der Waals surface area contributed by atoms with Gasteiger partial charge in [0, 0.05) is 18.0 Å². The summed E-state index contributed by atoms with van der Waals surface area (Å²) in [6.45, 7) is 10.5. The molecule has 0 rings (SSSR count). The van der Waals surface area contributed by atoms with E-state index in [1.165, 1.54) is 51.4 Å². The maximum Gasteiger partial charge on any atom is 0.333 e. The van der Waals surface area contributed by atoms with Gasteiger partial charge in [0.1, 0.15) is 6.10 Å². The Kier molecular flexibility index (Phi) is 17.9. The number of unbranched alkanes of at least 4 members (excludes halogenated alkanes) is 7. The number of esters is 1. The Balaban J connectivity index is 0. The molecule has 138 valence electrons. The average Bonchev–Trinajstić information content (AvgIpc) is 2.48. The van der Waals surface area contributed by atoms with E-state index in [1.807, 2.05) is 14.0 Å². The SMILES string of the molecule is Br.C=C(C)C(=O)OC(C)C(CCCCCCCCCC)CNC. The molecule has 0 aromatic carbocycles. The Morgan fingerprint density at radius 1 is 1.09 bits per heavy atom. The van der Waals surface area contributed by atoms with Gasteiger partial charge in [0.2, 0.25) is 0 Å². The predicted molar refractivity (Wildman–Crippen MR) is 105 cm³/mol. The van der Waals surface area contributed by atoms with Crippen LogP contribution in [0.3, 0.4) is 0 Å². The van der Waals surface area contributed by atoms with Gasteiger partial charge in [0.25, 0.3) is 0 Å². The number of rotatable bonds is 14. The lowest BCUT2D eigenvalue weighted by molar-refractivity contribution is -0.146. The smallest absolute Gasteiger partial charge is 0.333 e. The minimum atomic E-state index is -0.274. The van der Waals surface area contributed by atoms with Crippen molar-refractivity contribution in [1.29, 1.82) is 0 Å². The van der Waals surface area contributed by atoms with Crippen LogP contribution in [0.25, 0.3) is 0 Å². The Labute approximate surface area is 154 Å². The number of halogens is 1. The van der Waals surface area contributed by atoms with Gasteiger partial charge in [-0.1, -0.05) is 64.9 Å². The first-order chi connectivity index (χ1) is 10.5. The second kappa shape index (κ2) is 16.5. The number of ether oxygens (including phenoxy) is 1. The van der Waals surface area contributed by atoms with Gasteiger partial charge in [0.05, 0.1) is 0 Å². The van der Waals surface area contributed by atoms with Crippen molar-refractivity contribution in [1.82, 2.24) is 5.32 Å². The Morgan fingerprint density at radius 2 is 1.61 bits per heavy atom. The van der Waals surface area contributed by atoms with Crippen molar-refractivity contribution in [2.24, 2.45) is 5.92 Å². The molecule has 4 heteroatoms. The summed E-state index contributed by atoms with van der Waals surface area (Å²) < 4.78 is 5.47. The maximum atomic E-state index is 11.6. The second-order valence-corrected chi connectivity index (χ2v) is 6.47. The first-order valence-corrected chi connectivity index (χ1v) is 9.04. The third-order valence-corrected chi connectivity index (χ3v) is 4.20. The van der Waals surface area contributed by atoms with Crippen LogP contribution in [-0.2, 0) is 9.53 Å². The van der Waals surface area contributed by atoms with E-state index in [9.17, 15) is 4.79 Å². The quantitative estimate of drug-likeness (QED) is 0.243. The molecule has 0 radical (unpaired) electrons. The van der Waals surface area contributed by atoms with E-state index in [-0.39, 0.29) is 29.1 Å². The lowest BCUT2D eigenvalue weighted by Gasteiger charge is -2.24. The zero-order valence-electron chi connectivity index (χ0n) is 15.7. The molecule has 0 saturated heterocycles. The van der Waals surface area contributed by atoms with Crippen molar-refractivity contribution in [3.63, 3.8) is 0 Å². The van der Waals surface area contributed by atoms with Crippen molar-refractivity contribution < 1.29 is 9.53 Å². The van der Waals surface area contributed by atoms with Gasteiger partial charge in [-0.2, -0.15) is 0 Å². The highest BCUT2D eigenvalue weighted by Gasteiger charge is 2.20. The molecule has 0 aromatic rings. The molecule has 1 N–H and O–H groups in total. The van der Waals surface area contributed by atoms with E-state index >= 15 is 0 Å². The van der Waals surface area contributed by atoms with Gasteiger partial charge in [-0.25, -0.2) is 4.79 Å². The van der Waals surface area contributed by atoms with Crippen LogP contribution < -0.4 is 5.32 Å². The number of carbonyl (C=O) groups excluding carboxylic acids is 1. The fourth-order valence-corrected chi connectivity index (χ4v) is 2.67. The van der Waals surface area contributed by atoms with Crippen LogP contribution in [-0.4, -0.2) is 25.7 Å². The summed E-state index contributed by atoms with van der Waals surface area (Å²) in [6.07, 6.45) is 11.7. The first-order valence-electron chi connectivity index (χ1n) is 9.04. The summed E-state index contributed by atoms with van der Waals surface area (Å²) in [5, 5.41) is 3.21. The van der Waals surface area contributed by atoms with E-state index < -0.39 is 0 Å². The van der Waals surface area contributed by atoms with E-state index in [4.69, 9.17) is 4.74 Å². The highest BCUT2D eigenvalue weighted by Crippen LogP contribution is 2.18. The normalized spacial score (nSPS) is 13.0. The number of hydrogen-bond acceptors (Lipinski definition) is 3. The summed E-state index contributed by atoms with van der Waals surface area (Å²) in [5.41, 5.74) is 0.474. The molecule has 0 heterocycles. The standard InChI is InChI=1S/C19H37NO2.BrH/c1-6-7-8-9-10-11-12-13-14-18(15-20-5)17(4)22-19(21)16(2)3;/h17-18,20H,2,6-15H2,1,3-5H3;1H. The lowest BCUT2D eigenvalue weighted by Crippen LogP contribution is -2.31. The molecular formula is C19H38BrNO2. The van der Waals surface area contributed by atoms with E-state index in [2.05, 4.69) is 18.8 Å². The van der Waals surface area contributed by atoms with E-state index in [1.54, 1.807) is 6.92 Å². The largest absolute Gasteiger partial charge is 0.459 e. The Morgan fingerprint density at radius 3 is 2.09 bits per heavy atom. The van der Waals surface area contributed by atoms with Gasteiger partial charge in [-0.05, 0) is 27.3 Å². The van der Waals surface area contributed by atoms with Crippen molar-refractivity contribution in [2.45, 2.75) is 84.7 Å². The molecule has 0 aliphatic heterocycles. The fraction of sp³-hybridized carbons (Fsp3) is 0.842. The Bertz CT molecular complexity index is 308. The van der Waals surface area contributed by atoms with Crippen LogP contribution >= 0.6 is 17.0 Å². The van der Waals surface area contributed by atoms with Crippen LogP contribution in [0.4, 0.5) is 0 Å². The zero-order valence-corrected chi connectivity index (χ0v) is 17.4. The summed E-state index contributed by atoms with van der Waals surface area (Å²) in [5.74, 6) is 0.109. The first kappa shape index (κ1) is 24.9. The summed E-state index contributed by atoms with van der Waals surface area (Å²) >= 11 is 0. The van der Waals surface area contributed by atoms with Gasteiger partial charge in [-0.15, -0.1) is 17.0 Å². The monoisotopic (exact) mass is 391 g/mol. The zero-order chi connectivity index (χ0) is 16.8. The van der Waals surface area contributed by atoms with Crippen molar-refractivity contribution in [2.75, 3.05) is 13.6 Å². The van der Waals surface area contributed by atoms with Crippen molar-refractivity contribution in [3.8, 4) is 0 Å². The Hall–Kier alpha value is -0.350. The predicted octanol–water partition coefficient (Wildman–Crippen LogP) is 5.44. The molecule has 23 heavy (non-hydrogen) atoms. The molecule has 0 bridgehead atoms. The minimum Gasteiger partial charge on any atom is -0.459 e. The van der Waals surface area contributed by atoms with Gasteiger partial charge in [0.15, 0.2) is 0 Å². The minimum absolute atomic E-state index is 0. The van der Waals surface area contributed by atoms with E-state index in [0.29, 0.717) is 11.5 Å². The van der Waals surface area contributed by atoms with Crippen LogP contribution in [0.1, 0.15) is 78.6 Å². The van der Waals surface area contributed by atoms with Crippen LogP contribution in [0.2, 0.25) is 0 Å². The average molecular weight is 392 g/mol. The molecule has 3 nitrogen and oxygen atoms in total. The maximum absolute atomic E-state index is 11.6. The highest BCUT2D eigenvalue weighted by molar-refractivity contribution is 8.93. The molecule has 0 amide bonds. The number of hydrogen-bond donors (Lipinski definition) is 1. The number of nitrogens with one attached hydrogen (secondary N) is 1. The molecule has 0 aromatic heterocycles. The third-order valence-electron chi connectivity index (χ3n) is 4.20. The second-order valence-electron chi connectivity index (χ2n) is 6.47. The van der Waals surface area contributed by atoms with Crippen LogP contribution in [0, 0.1) is 5.92 Å². The van der Waals surface area contributed by atoms with Crippen molar-refractivity contribution >= 4 is 23.0 Å². The van der Waals surface area contributed by atoms with Crippen molar-refractivity contribution in [3.05, 3.63) is 12.2 Å². The van der Waals surface area contributed by atoms with Crippen LogP contribution in [0.15, 0.2) is 12.2 Å². The summed E-state index contributed by atoms with van der Waals surface area (Å²) in [6, 6.07) is 0. The molecule has 0 aliphatic carbocycles. The van der Waals surface area contributed by atoms with Gasteiger partial charge in [-0.3, -0.25) is 0 Å². The van der Waals surface area contributed by atoms with Gasteiger partial charge < -0.3 is 10.1 Å². The topological polar surface area (TPSA) is 38.3 Å². The fourth-order valence-electron chi connectivity index (χ4n) is 2.67. The third kappa shape index (κ3) is 13.8.